The van der Waals surface area contributed by atoms with E-state index in [4.69, 9.17) is 9.47 Å². The average molecular weight is 257 g/mol. The number of aromatic nitrogens is 1. The van der Waals surface area contributed by atoms with Crippen LogP contribution in [0.15, 0.2) is 36.5 Å². The number of hydrogen-bond acceptors (Lipinski definition) is 4. The minimum absolute atomic E-state index is 0.00278. The fourth-order valence-electron chi connectivity index (χ4n) is 1.89. The van der Waals surface area contributed by atoms with Crippen molar-refractivity contribution in [2.75, 3.05) is 14.2 Å². The van der Waals surface area contributed by atoms with Gasteiger partial charge in [0.2, 0.25) is 5.88 Å². The van der Waals surface area contributed by atoms with E-state index in [1.807, 2.05) is 18.2 Å². The molecule has 0 bridgehead atoms. The fourth-order valence-corrected chi connectivity index (χ4v) is 1.89. The van der Waals surface area contributed by atoms with Gasteiger partial charge in [-0.15, -0.1) is 0 Å². The molecule has 0 radical (unpaired) electrons. The predicted molar refractivity (Wildman–Crippen MR) is 72.8 cm³/mol. The molecule has 0 saturated carbocycles. The summed E-state index contributed by atoms with van der Waals surface area (Å²) in [6.07, 6.45) is 1.67. The van der Waals surface area contributed by atoms with E-state index < -0.39 is 0 Å². The Balaban J connectivity index is 2.59. The van der Waals surface area contributed by atoms with Gasteiger partial charge in [0, 0.05) is 22.9 Å². The lowest BCUT2D eigenvalue weighted by Crippen LogP contribution is -1.97. The SMILES string of the molecule is COc1cc(C(C)=O)ccc1-c1cccnc1OC. The first-order valence-electron chi connectivity index (χ1n) is 5.85. The van der Waals surface area contributed by atoms with Gasteiger partial charge in [-0.05, 0) is 31.2 Å². The highest BCUT2D eigenvalue weighted by atomic mass is 16.5. The molecule has 0 unspecified atom stereocenters. The third kappa shape index (κ3) is 2.57. The Hall–Kier alpha value is -2.36. The number of methoxy groups -OCH3 is 2. The second kappa shape index (κ2) is 5.52. The predicted octanol–water partition coefficient (Wildman–Crippen LogP) is 2.97. The van der Waals surface area contributed by atoms with Gasteiger partial charge in [0.25, 0.3) is 0 Å². The number of ketones is 1. The first kappa shape index (κ1) is 13.1. The van der Waals surface area contributed by atoms with Crippen LogP contribution in [0.1, 0.15) is 17.3 Å². The molecule has 4 heteroatoms. The Morgan fingerprint density at radius 3 is 2.53 bits per heavy atom. The third-order valence-electron chi connectivity index (χ3n) is 2.86. The summed E-state index contributed by atoms with van der Waals surface area (Å²) < 4.78 is 10.6. The van der Waals surface area contributed by atoms with Crippen molar-refractivity contribution in [3.8, 4) is 22.8 Å². The summed E-state index contributed by atoms with van der Waals surface area (Å²) in [5.41, 5.74) is 2.29. The zero-order valence-electron chi connectivity index (χ0n) is 11.1. The number of carbonyl (C=O) groups is 1. The van der Waals surface area contributed by atoms with Crippen LogP contribution in [0.5, 0.6) is 11.6 Å². The van der Waals surface area contributed by atoms with Crippen molar-refractivity contribution in [1.82, 2.24) is 4.98 Å². The maximum atomic E-state index is 11.4. The Kier molecular flexibility index (Phi) is 3.80. The van der Waals surface area contributed by atoms with Gasteiger partial charge in [0.1, 0.15) is 5.75 Å². The monoisotopic (exact) mass is 257 g/mol. The maximum absolute atomic E-state index is 11.4. The molecule has 4 nitrogen and oxygen atoms in total. The van der Waals surface area contributed by atoms with E-state index in [2.05, 4.69) is 4.98 Å². The molecule has 1 aromatic carbocycles. The minimum Gasteiger partial charge on any atom is -0.496 e. The number of Topliss-reactive ketones (excluding diaryl/α,β-unsaturated/α-hetero) is 1. The van der Waals surface area contributed by atoms with Crippen LogP contribution in [-0.4, -0.2) is 25.0 Å². The second-order valence-corrected chi connectivity index (χ2v) is 4.03. The first-order valence-corrected chi connectivity index (χ1v) is 5.85. The zero-order chi connectivity index (χ0) is 13.8. The molecule has 0 atom stereocenters. The molecule has 0 aliphatic heterocycles. The standard InChI is InChI=1S/C15H15NO3/c1-10(17)11-6-7-12(14(9-11)18-2)13-5-4-8-16-15(13)19-3/h4-9H,1-3H3. The summed E-state index contributed by atoms with van der Waals surface area (Å²) in [7, 11) is 3.15. The molecule has 98 valence electrons. The number of hydrogen-bond donors (Lipinski definition) is 0. The second-order valence-electron chi connectivity index (χ2n) is 4.03. The Bertz CT molecular complexity index is 608. The average Bonchev–Trinajstić information content (AvgIpc) is 2.46. The maximum Gasteiger partial charge on any atom is 0.221 e. The van der Waals surface area contributed by atoms with Crippen LogP contribution in [0.4, 0.5) is 0 Å². The molecule has 0 aliphatic carbocycles. The van der Waals surface area contributed by atoms with E-state index >= 15 is 0 Å². The van der Waals surface area contributed by atoms with Crippen LogP contribution in [0, 0.1) is 0 Å². The van der Waals surface area contributed by atoms with Crippen LogP contribution in [0.2, 0.25) is 0 Å². The number of pyridine rings is 1. The van der Waals surface area contributed by atoms with Crippen molar-refractivity contribution in [2.45, 2.75) is 6.92 Å². The van der Waals surface area contributed by atoms with Gasteiger partial charge >= 0.3 is 0 Å². The summed E-state index contributed by atoms with van der Waals surface area (Å²) in [6.45, 7) is 1.53. The van der Waals surface area contributed by atoms with Crippen LogP contribution in [-0.2, 0) is 0 Å². The Morgan fingerprint density at radius 1 is 1.11 bits per heavy atom. The van der Waals surface area contributed by atoms with Crippen molar-refractivity contribution in [1.29, 1.82) is 0 Å². The first-order chi connectivity index (χ1) is 9.17. The van der Waals surface area contributed by atoms with E-state index in [9.17, 15) is 4.79 Å². The molecule has 0 amide bonds. The minimum atomic E-state index is 0.00278. The van der Waals surface area contributed by atoms with Crippen molar-refractivity contribution >= 4 is 5.78 Å². The van der Waals surface area contributed by atoms with Crippen molar-refractivity contribution in [2.24, 2.45) is 0 Å². The molecular weight excluding hydrogens is 242 g/mol. The van der Waals surface area contributed by atoms with Crippen LogP contribution < -0.4 is 9.47 Å². The molecule has 2 aromatic rings. The van der Waals surface area contributed by atoms with Crippen molar-refractivity contribution in [3.05, 3.63) is 42.1 Å². The summed E-state index contributed by atoms with van der Waals surface area (Å²) in [5.74, 6) is 1.15. The Labute approximate surface area is 112 Å². The van der Waals surface area contributed by atoms with Crippen LogP contribution in [0.25, 0.3) is 11.1 Å². The van der Waals surface area contributed by atoms with Gasteiger partial charge in [-0.2, -0.15) is 0 Å². The lowest BCUT2D eigenvalue weighted by Gasteiger charge is -2.12. The zero-order valence-corrected chi connectivity index (χ0v) is 11.1. The highest BCUT2D eigenvalue weighted by Crippen LogP contribution is 2.35. The highest BCUT2D eigenvalue weighted by Gasteiger charge is 2.13. The molecule has 0 saturated heterocycles. The summed E-state index contributed by atoms with van der Waals surface area (Å²) in [6, 6.07) is 9.07. The molecule has 0 aliphatic rings. The van der Waals surface area contributed by atoms with Crippen molar-refractivity contribution in [3.63, 3.8) is 0 Å². The summed E-state index contributed by atoms with van der Waals surface area (Å²) >= 11 is 0. The van der Waals surface area contributed by atoms with E-state index in [0.29, 0.717) is 17.2 Å². The van der Waals surface area contributed by atoms with Gasteiger partial charge in [0.05, 0.1) is 14.2 Å². The topological polar surface area (TPSA) is 48.4 Å². The number of benzene rings is 1. The number of rotatable bonds is 4. The van der Waals surface area contributed by atoms with Crippen LogP contribution in [0.3, 0.4) is 0 Å². The normalized spacial score (nSPS) is 10.1. The molecule has 2 rings (SSSR count). The number of ether oxygens (including phenoxy) is 2. The fraction of sp³-hybridized carbons (Fsp3) is 0.200. The van der Waals surface area contributed by atoms with E-state index in [0.717, 1.165) is 11.1 Å². The summed E-state index contributed by atoms with van der Waals surface area (Å²) in [5, 5.41) is 0. The number of carbonyl (C=O) groups excluding carboxylic acids is 1. The van der Waals surface area contributed by atoms with E-state index in [1.54, 1.807) is 32.5 Å². The molecule has 0 fully saturated rings. The largest absolute Gasteiger partial charge is 0.496 e. The Morgan fingerprint density at radius 2 is 1.89 bits per heavy atom. The smallest absolute Gasteiger partial charge is 0.221 e. The highest BCUT2D eigenvalue weighted by molar-refractivity contribution is 5.95. The van der Waals surface area contributed by atoms with Gasteiger partial charge in [-0.25, -0.2) is 4.98 Å². The molecule has 1 aromatic heterocycles. The molecule has 0 N–H and O–H groups in total. The lowest BCUT2D eigenvalue weighted by atomic mass is 10.0. The van der Waals surface area contributed by atoms with Gasteiger partial charge < -0.3 is 9.47 Å². The third-order valence-corrected chi connectivity index (χ3v) is 2.86. The quantitative estimate of drug-likeness (QED) is 0.790. The lowest BCUT2D eigenvalue weighted by molar-refractivity contribution is 0.101. The summed E-state index contributed by atoms with van der Waals surface area (Å²) in [4.78, 5) is 15.6. The van der Waals surface area contributed by atoms with Gasteiger partial charge in [-0.1, -0.05) is 6.07 Å². The van der Waals surface area contributed by atoms with Gasteiger partial charge in [0.15, 0.2) is 5.78 Å². The van der Waals surface area contributed by atoms with E-state index in [1.165, 1.54) is 6.92 Å². The van der Waals surface area contributed by atoms with Crippen molar-refractivity contribution < 1.29 is 14.3 Å². The molecule has 0 spiro atoms. The number of nitrogens with zero attached hydrogens (tertiary/aromatic N) is 1. The van der Waals surface area contributed by atoms with E-state index in [-0.39, 0.29) is 5.78 Å². The molecular formula is C15H15NO3. The van der Waals surface area contributed by atoms with Gasteiger partial charge in [-0.3, -0.25) is 4.79 Å². The molecule has 19 heavy (non-hydrogen) atoms. The van der Waals surface area contributed by atoms with Crippen LogP contribution >= 0.6 is 0 Å². The molecule has 1 heterocycles.